The van der Waals surface area contributed by atoms with Crippen molar-refractivity contribution in [3.05, 3.63) is 23.4 Å². The van der Waals surface area contributed by atoms with Gasteiger partial charge < -0.3 is 14.4 Å². The van der Waals surface area contributed by atoms with Crippen molar-refractivity contribution in [3.63, 3.8) is 0 Å². The number of carbonyl (C=O) groups is 2. The summed E-state index contributed by atoms with van der Waals surface area (Å²) in [5.41, 5.74) is -0.192. The molecule has 1 aliphatic heterocycles. The highest BCUT2D eigenvalue weighted by molar-refractivity contribution is 6.17. The van der Waals surface area contributed by atoms with Crippen LogP contribution in [-0.4, -0.2) is 43.1 Å². The zero-order valence-electron chi connectivity index (χ0n) is 12.1. The molecule has 0 N–H and O–H groups in total. The van der Waals surface area contributed by atoms with Crippen LogP contribution in [0.25, 0.3) is 0 Å². The van der Waals surface area contributed by atoms with Gasteiger partial charge in [0.25, 0.3) is 0 Å². The average Bonchev–Trinajstić information content (AvgIpc) is 2.58. The highest BCUT2D eigenvalue weighted by Gasteiger charge is 2.44. The molecule has 1 rings (SSSR count). The summed E-state index contributed by atoms with van der Waals surface area (Å²) in [6, 6.07) is 0. The largest absolute Gasteiger partial charge is 0.462 e. The highest BCUT2D eigenvalue weighted by atomic mass is 16.6. The van der Waals surface area contributed by atoms with Crippen molar-refractivity contribution in [1.82, 2.24) is 4.90 Å². The number of hydrogen-bond acceptors (Lipinski definition) is 5. The van der Waals surface area contributed by atoms with Crippen molar-refractivity contribution in [2.45, 2.75) is 32.8 Å². The van der Waals surface area contributed by atoms with Crippen LogP contribution in [0.5, 0.6) is 0 Å². The molecule has 106 valence electrons. The average molecular weight is 267 g/mol. The van der Waals surface area contributed by atoms with Gasteiger partial charge in [0.2, 0.25) is 0 Å². The van der Waals surface area contributed by atoms with E-state index in [1.807, 2.05) is 25.9 Å². The minimum absolute atomic E-state index is 0.00398. The summed E-state index contributed by atoms with van der Waals surface area (Å²) in [6.45, 7) is 5.63. The molecule has 0 aromatic rings. The zero-order chi connectivity index (χ0) is 14.6. The first-order valence-electron chi connectivity index (χ1n) is 6.35. The molecule has 0 aromatic carbocycles. The van der Waals surface area contributed by atoms with Crippen LogP contribution in [0.3, 0.4) is 0 Å². The second-order valence-electron chi connectivity index (χ2n) is 4.76. The lowest BCUT2D eigenvalue weighted by atomic mass is 9.91. The number of nitrogens with zero attached hydrogens (tertiary/aromatic N) is 1. The van der Waals surface area contributed by atoms with Crippen LogP contribution in [0.4, 0.5) is 0 Å². The monoisotopic (exact) mass is 267 g/mol. The van der Waals surface area contributed by atoms with Gasteiger partial charge in [-0.3, -0.25) is 0 Å². The quantitative estimate of drug-likeness (QED) is 0.560. The van der Waals surface area contributed by atoms with E-state index in [4.69, 9.17) is 9.47 Å². The van der Waals surface area contributed by atoms with Crippen LogP contribution in [0.2, 0.25) is 0 Å². The molecule has 0 spiro atoms. The topological polar surface area (TPSA) is 55.8 Å². The second-order valence-corrected chi connectivity index (χ2v) is 4.76. The van der Waals surface area contributed by atoms with E-state index in [1.54, 1.807) is 26.1 Å². The normalized spacial score (nSPS) is 22.9. The Morgan fingerprint density at radius 1 is 1.42 bits per heavy atom. The lowest BCUT2D eigenvalue weighted by molar-refractivity contribution is -0.149. The lowest BCUT2D eigenvalue weighted by Gasteiger charge is -2.23. The Morgan fingerprint density at radius 3 is 2.53 bits per heavy atom. The Balaban J connectivity index is 3.26. The molecule has 0 aliphatic carbocycles. The van der Waals surface area contributed by atoms with Gasteiger partial charge in [0, 0.05) is 19.7 Å². The van der Waals surface area contributed by atoms with E-state index >= 15 is 0 Å². The summed E-state index contributed by atoms with van der Waals surface area (Å²) >= 11 is 0. The smallest absolute Gasteiger partial charge is 0.346 e. The zero-order valence-corrected chi connectivity index (χ0v) is 12.1. The first-order chi connectivity index (χ1) is 8.85. The molecule has 1 unspecified atom stereocenters. The van der Waals surface area contributed by atoms with Crippen LogP contribution in [0.1, 0.15) is 27.2 Å². The maximum absolute atomic E-state index is 11.9. The van der Waals surface area contributed by atoms with Crippen LogP contribution in [-0.2, 0) is 19.1 Å². The summed E-state index contributed by atoms with van der Waals surface area (Å²) in [7, 11) is 3.73. The fraction of sp³-hybridized carbons (Fsp3) is 0.571. The number of hydrogen-bond donors (Lipinski definition) is 0. The van der Waals surface area contributed by atoms with Crippen molar-refractivity contribution in [2.75, 3.05) is 20.7 Å². The molecule has 5 heteroatoms. The fourth-order valence-electron chi connectivity index (χ4n) is 1.83. The predicted octanol–water partition coefficient (Wildman–Crippen LogP) is 1.65. The predicted molar refractivity (Wildman–Crippen MR) is 71.3 cm³/mol. The van der Waals surface area contributed by atoms with E-state index in [9.17, 15) is 9.59 Å². The van der Waals surface area contributed by atoms with E-state index in [1.165, 1.54) is 0 Å². The maximum atomic E-state index is 11.9. The van der Waals surface area contributed by atoms with E-state index < -0.39 is 17.5 Å². The van der Waals surface area contributed by atoms with Gasteiger partial charge in [-0.1, -0.05) is 6.92 Å². The molecule has 0 bridgehead atoms. The molecule has 0 radical (unpaired) electrons. The molecule has 0 amide bonds. The van der Waals surface area contributed by atoms with E-state index in [0.29, 0.717) is 12.0 Å². The van der Waals surface area contributed by atoms with Gasteiger partial charge in [-0.15, -0.1) is 0 Å². The maximum Gasteiger partial charge on any atom is 0.346 e. The van der Waals surface area contributed by atoms with Gasteiger partial charge in [-0.25, -0.2) is 9.59 Å². The minimum Gasteiger partial charge on any atom is -0.462 e. The van der Waals surface area contributed by atoms with E-state index in [0.717, 1.165) is 0 Å². The van der Waals surface area contributed by atoms with Crippen molar-refractivity contribution >= 4 is 11.9 Å². The standard InChI is InChI=1S/C14H21NO4/c1-6-14(3)10(8-9-15(4)5)11(13(17)19-14)12(16)18-7-2/h8-9H,6-7H2,1-5H3/b9-8+. The summed E-state index contributed by atoms with van der Waals surface area (Å²) in [4.78, 5) is 25.6. The number of rotatable bonds is 5. The Morgan fingerprint density at radius 2 is 2.05 bits per heavy atom. The van der Waals surface area contributed by atoms with Crippen molar-refractivity contribution < 1.29 is 19.1 Å². The van der Waals surface area contributed by atoms with Crippen molar-refractivity contribution in [3.8, 4) is 0 Å². The summed E-state index contributed by atoms with van der Waals surface area (Å²) < 4.78 is 10.3. The minimum atomic E-state index is -0.772. The van der Waals surface area contributed by atoms with Gasteiger partial charge in [0.1, 0.15) is 5.60 Å². The first-order valence-corrected chi connectivity index (χ1v) is 6.35. The van der Waals surface area contributed by atoms with Gasteiger partial charge in [-0.2, -0.15) is 0 Å². The molecule has 0 saturated carbocycles. The molecule has 19 heavy (non-hydrogen) atoms. The van der Waals surface area contributed by atoms with Crippen LogP contribution in [0, 0.1) is 0 Å². The second kappa shape index (κ2) is 5.91. The molecule has 0 fully saturated rings. The van der Waals surface area contributed by atoms with Gasteiger partial charge >= 0.3 is 11.9 Å². The Bertz CT molecular complexity index is 437. The summed E-state index contributed by atoms with van der Waals surface area (Å²) in [5.74, 6) is -1.23. The van der Waals surface area contributed by atoms with E-state index in [2.05, 4.69) is 0 Å². The van der Waals surface area contributed by atoms with Crippen LogP contribution >= 0.6 is 0 Å². The van der Waals surface area contributed by atoms with Gasteiger partial charge in [-0.05, 0) is 32.5 Å². The third-order valence-electron chi connectivity index (χ3n) is 3.05. The number of esters is 2. The molecule has 0 aromatic heterocycles. The number of cyclic esters (lactones) is 1. The van der Waals surface area contributed by atoms with Crippen LogP contribution in [0.15, 0.2) is 23.4 Å². The van der Waals surface area contributed by atoms with Crippen molar-refractivity contribution in [1.29, 1.82) is 0 Å². The molecular formula is C14H21NO4. The third kappa shape index (κ3) is 3.16. The Labute approximate surface area is 113 Å². The lowest BCUT2D eigenvalue weighted by Crippen LogP contribution is -2.26. The number of carbonyl (C=O) groups excluding carboxylic acids is 2. The molecule has 1 aliphatic rings. The molecule has 1 atom stereocenters. The molecule has 1 heterocycles. The fourth-order valence-corrected chi connectivity index (χ4v) is 1.83. The number of ether oxygens (including phenoxy) is 2. The highest BCUT2D eigenvalue weighted by Crippen LogP contribution is 2.36. The molecule has 5 nitrogen and oxygen atoms in total. The first kappa shape index (κ1) is 15.3. The molecular weight excluding hydrogens is 246 g/mol. The Hall–Kier alpha value is -1.78. The van der Waals surface area contributed by atoms with E-state index in [-0.39, 0.29) is 12.2 Å². The van der Waals surface area contributed by atoms with Crippen LogP contribution < -0.4 is 0 Å². The Kier molecular flexibility index (Phi) is 4.75. The van der Waals surface area contributed by atoms with Crippen molar-refractivity contribution in [2.24, 2.45) is 0 Å². The SMILES string of the molecule is CCOC(=O)C1=C(/C=C/N(C)C)C(C)(CC)OC1=O. The van der Waals surface area contributed by atoms with Gasteiger partial charge in [0.15, 0.2) is 5.57 Å². The summed E-state index contributed by atoms with van der Waals surface area (Å²) in [6.07, 6.45) is 4.11. The molecule has 0 saturated heterocycles. The van der Waals surface area contributed by atoms with Gasteiger partial charge in [0.05, 0.1) is 6.61 Å². The third-order valence-corrected chi connectivity index (χ3v) is 3.05. The summed E-state index contributed by atoms with van der Waals surface area (Å²) in [5, 5.41) is 0.